The van der Waals surface area contributed by atoms with E-state index in [2.05, 4.69) is 20.8 Å². The van der Waals surface area contributed by atoms with Gasteiger partial charge in [-0.15, -0.1) is 12.4 Å². The van der Waals surface area contributed by atoms with Crippen molar-refractivity contribution in [1.29, 1.82) is 0 Å². The van der Waals surface area contributed by atoms with Crippen molar-refractivity contribution >= 4 is 29.3 Å². The molecule has 0 aromatic carbocycles. The number of carbonyl (C=O) groups is 1. The van der Waals surface area contributed by atoms with Gasteiger partial charge >= 0.3 is 0 Å². The molecule has 4 fully saturated rings. The molecule has 0 radical (unpaired) electrons. The van der Waals surface area contributed by atoms with Gasteiger partial charge in [-0.2, -0.15) is 0 Å². The zero-order valence-corrected chi connectivity index (χ0v) is 20.2. The van der Waals surface area contributed by atoms with Crippen LogP contribution in [0.3, 0.4) is 0 Å². The van der Waals surface area contributed by atoms with Crippen LogP contribution in [0.15, 0.2) is 0 Å². The van der Waals surface area contributed by atoms with Gasteiger partial charge in [-0.05, 0) is 109 Å². The van der Waals surface area contributed by atoms with Crippen LogP contribution in [0.25, 0.3) is 0 Å². The molecule has 4 aliphatic carbocycles. The first kappa shape index (κ1) is 24.8. The highest BCUT2D eigenvalue weighted by atomic mass is 35.5. The summed E-state index contributed by atoms with van der Waals surface area (Å²) in [6.07, 6.45) is 6.53. The van der Waals surface area contributed by atoms with Crippen LogP contribution in [0.2, 0.25) is 0 Å². The van der Waals surface area contributed by atoms with Crippen molar-refractivity contribution in [3.8, 4) is 0 Å². The quantitative estimate of drug-likeness (QED) is 0.535. The number of halogens is 2. The zero-order chi connectivity index (χ0) is 21.1. The number of hydrogen-bond donors (Lipinski definition) is 3. The third kappa shape index (κ3) is 3.77. The van der Waals surface area contributed by atoms with Gasteiger partial charge in [0.25, 0.3) is 0 Å². The Morgan fingerprint density at radius 3 is 2.43 bits per heavy atom. The van der Waals surface area contributed by atoms with Crippen LogP contribution in [0.1, 0.15) is 78.6 Å². The van der Waals surface area contributed by atoms with Crippen molar-refractivity contribution in [3.63, 3.8) is 0 Å². The average Bonchev–Trinajstić information content (AvgIpc) is 3.01. The van der Waals surface area contributed by atoms with Crippen LogP contribution in [0, 0.1) is 46.3 Å². The minimum Gasteiger partial charge on any atom is -0.393 e. The number of aliphatic hydroxyl groups is 3. The summed E-state index contributed by atoms with van der Waals surface area (Å²) in [6.45, 7) is 6.82. The van der Waals surface area contributed by atoms with Gasteiger partial charge in [0.15, 0.2) is 0 Å². The van der Waals surface area contributed by atoms with Crippen LogP contribution in [0.4, 0.5) is 0 Å². The Labute approximate surface area is 192 Å². The molecule has 0 bridgehead atoms. The normalized spacial score (nSPS) is 51.2. The first-order chi connectivity index (χ1) is 13.6. The lowest BCUT2D eigenvalue weighted by Crippen LogP contribution is -2.62. The van der Waals surface area contributed by atoms with Crippen LogP contribution >= 0.6 is 24.0 Å². The molecule has 3 N–H and O–H groups in total. The number of rotatable bonds is 4. The molecule has 11 atom stereocenters. The van der Waals surface area contributed by atoms with Crippen LogP contribution in [-0.2, 0) is 4.79 Å². The van der Waals surface area contributed by atoms with Crippen molar-refractivity contribution in [1.82, 2.24) is 0 Å². The smallest absolute Gasteiger partial charge is 0.221 e. The maximum atomic E-state index is 11.5. The van der Waals surface area contributed by atoms with E-state index in [9.17, 15) is 20.1 Å². The van der Waals surface area contributed by atoms with E-state index in [1.54, 1.807) is 0 Å². The average molecular weight is 463 g/mol. The molecule has 0 saturated heterocycles. The topological polar surface area (TPSA) is 77.8 Å². The summed E-state index contributed by atoms with van der Waals surface area (Å²) >= 11 is 5.59. The second-order valence-electron chi connectivity index (χ2n) is 11.4. The summed E-state index contributed by atoms with van der Waals surface area (Å²) in [4.78, 5) is 11.3. The number of aliphatic hydroxyl groups excluding tert-OH is 3. The van der Waals surface area contributed by atoms with Crippen molar-refractivity contribution in [2.45, 2.75) is 96.9 Å². The summed E-state index contributed by atoms with van der Waals surface area (Å²) < 4.78 is 0. The SMILES string of the molecule is CC(CCC(=O)Cl)C1CCC2C3C(O)CC4CC(O)CCC4(C)C3CC(O)C12C.Cl. The predicted octanol–water partition coefficient (Wildman–Crippen LogP) is 4.55. The van der Waals surface area contributed by atoms with Gasteiger partial charge in [0.2, 0.25) is 5.24 Å². The Morgan fingerprint density at radius 2 is 1.77 bits per heavy atom. The summed E-state index contributed by atoms with van der Waals surface area (Å²) in [7, 11) is 0. The van der Waals surface area contributed by atoms with Gasteiger partial charge in [-0.25, -0.2) is 0 Å². The van der Waals surface area contributed by atoms with E-state index in [1.807, 2.05) is 0 Å². The standard InChI is InChI=1S/C24H39ClO4.ClH/c1-13(4-7-21(25)29)16-5-6-17-22-18(12-20(28)24(16,17)3)23(2)9-8-15(26)10-14(23)11-19(22)27;/h13-20,22,26-28H,4-12H2,1-3H3;1H. The summed E-state index contributed by atoms with van der Waals surface area (Å²) in [5, 5.41) is 32.7. The summed E-state index contributed by atoms with van der Waals surface area (Å²) in [5.74, 6) is 1.96. The molecule has 0 spiro atoms. The second-order valence-corrected chi connectivity index (χ2v) is 11.8. The van der Waals surface area contributed by atoms with Crippen LogP contribution < -0.4 is 0 Å². The van der Waals surface area contributed by atoms with Crippen LogP contribution in [0.5, 0.6) is 0 Å². The van der Waals surface area contributed by atoms with E-state index in [-0.39, 0.29) is 52.7 Å². The molecule has 4 saturated carbocycles. The van der Waals surface area contributed by atoms with E-state index < -0.39 is 0 Å². The van der Waals surface area contributed by atoms with E-state index in [4.69, 9.17) is 11.6 Å². The van der Waals surface area contributed by atoms with Crippen molar-refractivity contribution in [2.75, 3.05) is 0 Å². The Hall–Kier alpha value is 0.130. The molecule has 0 aromatic heterocycles. The van der Waals surface area contributed by atoms with Crippen molar-refractivity contribution in [3.05, 3.63) is 0 Å². The van der Waals surface area contributed by atoms with Gasteiger partial charge in [-0.3, -0.25) is 4.79 Å². The molecule has 6 heteroatoms. The van der Waals surface area contributed by atoms with Crippen LogP contribution in [-0.4, -0.2) is 38.9 Å². The van der Waals surface area contributed by atoms with Gasteiger partial charge in [0, 0.05) is 6.42 Å². The van der Waals surface area contributed by atoms with Crippen molar-refractivity contribution in [2.24, 2.45) is 46.3 Å². The summed E-state index contributed by atoms with van der Waals surface area (Å²) in [5.41, 5.74) is -0.0888. The van der Waals surface area contributed by atoms with Crippen molar-refractivity contribution < 1.29 is 20.1 Å². The molecule has 11 unspecified atom stereocenters. The third-order valence-electron chi connectivity index (χ3n) is 10.3. The first-order valence-electron chi connectivity index (χ1n) is 11.8. The summed E-state index contributed by atoms with van der Waals surface area (Å²) in [6, 6.07) is 0. The van der Waals surface area contributed by atoms with Gasteiger partial charge in [0.05, 0.1) is 18.3 Å². The second kappa shape index (κ2) is 8.82. The minimum atomic E-state index is -0.370. The molecule has 4 rings (SSSR count). The lowest BCUT2D eigenvalue weighted by atomic mass is 9.43. The fourth-order valence-corrected chi connectivity index (χ4v) is 8.78. The molecule has 30 heavy (non-hydrogen) atoms. The van der Waals surface area contributed by atoms with Gasteiger partial charge < -0.3 is 15.3 Å². The van der Waals surface area contributed by atoms with E-state index in [0.29, 0.717) is 36.0 Å². The molecule has 0 aliphatic heterocycles. The Bertz CT molecular complexity index is 645. The van der Waals surface area contributed by atoms with E-state index in [0.717, 1.165) is 51.4 Å². The molecule has 0 aromatic rings. The maximum absolute atomic E-state index is 11.5. The highest BCUT2D eigenvalue weighted by Crippen LogP contribution is 2.68. The molecular weight excluding hydrogens is 423 g/mol. The number of fused-ring (bicyclic) bond motifs is 5. The Balaban J connectivity index is 0.00000256. The largest absolute Gasteiger partial charge is 0.393 e. The minimum absolute atomic E-state index is 0. The van der Waals surface area contributed by atoms with E-state index in [1.165, 1.54) is 0 Å². The fraction of sp³-hybridized carbons (Fsp3) is 0.958. The lowest BCUT2D eigenvalue weighted by Gasteiger charge is -2.63. The van der Waals surface area contributed by atoms with Gasteiger partial charge in [0.1, 0.15) is 0 Å². The highest BCUT2D eigenvalue weighted by molar-refractivity contribution is 6.63. The number of carbonyl (C=O) groups excluding carboxylic acids is 1. The maximum Gasteiger partial charge on any atom is 0.221 e. The zero-order valence-electron chi connectivity index (χ0n) is 18.6. The molecule has 0 heterocycles. The lowest BCUT2D eigenvalue weighted by molar-refractivity contribution is -0.207. The fourth-order valence-electron chi connectivity index (χ4n) is 8.67. The Kier molecular flexibility index (Phi) is 7.28. The van der Waals surface area contributed by atoms with Gasteiger partial charge in [-0.1, -0.05) is 20.8 Å². The van der Waals surface area contributed by atoms with E-state index >= 15 is 0 Å². The molecule has 0 amide bonds. The number of hydrogen-bond acceptors (Lipinski definition) is 4. The third-order valence-corrected chi connectivity index (χ3v) is 10.5. The molecule has 4 aliphatic rings. The highest BCUT2D eigenvalue weighted by Gasteiger charge is 2.65. The monoisotopic (exact) mass is 462 g/mol. The molecule has 4 nitrogen and oxygen atoms in total. The Morgan fingerprint density at radius 1 is 1.07 bits per heavy atom. The predicted molar refractivity (Wildman–Crippen MR) is 121 cm³/mol. The molecular formula is C24H40Cl2O4. The molecule has 174 valence electrons. The first-order valence-corrected chi connectivity index (χ1v) is 12.2.